The van der Waals surface area contributed by atoms with E-state index in [1.165, 1.54) is 11.8 Å². The van der Waals surface area contributed by atoms with E-state index in [0.717, 1.165) is 17.5 Å². The first-order chi connectivity index (χ1) is 11.2. The van der Waals surface area contributed by atoms with Gasteiger partial charge in [-0.2, -0.15) is 5.10 Å². The topological polar surface area (TPSA) is 70.6 Å². The first-order valence-corrected chi connectivity index (χ1v) is 7.43. The normalized spacial score (nSPS) is 10.5. The van der Waals surface area contributed by atoms with Gasteiger partial charge in [0.25, 0.3) is 0 Å². The van der Waals surface area contributed by atoms with Crippen molar-refractivity contribution in [3.8, 4) is 0 Å². The van der Waals surface area contributed by atoms with Crippen molar-refractivity contribution in [3.05, 3.63) is 71.3 Å². The fraction of sp³-hybridized carbons (Fsp3) is 0.167. The molecule has 118 valence electrons. The van der Waals surface area contributed by atoms with Gasteiger partial charge in [0.1, 0.15) is 0 Å². The van der Waals surface area contributed by atoms with Crippen molar-refractivity contribution in [2.45, 2.75) is 19.9 Å². The maximum atomic E-state index is 11.6. The van der Waals surface area contributed by atoms with E-state index in [1.54, 1.807) is 0 Å². The Hall–Kier alpha value is -2.95. The third-order valence-corrected chi connectivity index (χ3v) is 3.27. The Labute approximate surface area is 135 Å². The van der Waals surface area contributed by atoms with Gasteiger partial charge in [0.2, 0.25) is 0 Å². The standard InChI is InChI=1S/C18H19N3O2/c1-2-14-8-10-16(11-9-14)13-20-21-18(23)17(22)19-12-15-6-4-3-5-7-15/h3-11,13H,2,12H2,1H3,(H,19,22)(H,21,23)/b20-13+. The molecule has 5 nitrogen and oxygen atoms in total. The van der Waals surface area contributed by atoms with Crippen LogP contribution >= 0.6 is 0 Å². The lowest BCUT2D eigenvalue weighted by molar-refractivity contribution is -0.139. The zero-order valence-corrected chi connectivity index (χ0v) is 13.0. The number of benzene rings is 2. The molecule has 0 bridgehead atoms. The highest BCUT2D eigenvalue weighted by atomic mass is 16.2. The van der Waals surface area contributed by atoms with E-state index in [0.29, 0.717) is 6.54 Å². The summed E-state index contributed by atoms with van der Waals surface area (Å²) >= 11 is 0. The molecule has 0 saturated heterocycles. The molecule has 0 saturated carbocycles. The zero-order chi connectivity index (χ0) is 16.5. The third-order valence-electron chi connectivity index (χ3n) is 3.27. The molecular formula is C18H19N3O2. The number of amides is 2. The Morgan fingerprint density at radius 3 is 2.30 bits per heavy atom. The number of hydrogen-bond donors (Lipinski definition) is 2. The van der Waals surface area contributed by atoms with Crippen LogP contribution in [0, 0.1) is 0 Å². The SMILES string of the molecule is CCc1ccc(/C=N/NC(=O)C(=O)NCc2ccccc2)cc1. The van der Waals surface area contributed by atoms with E-state index < -0.39 is 11.8 Å². The molecule has 0 unspecified atom stereocenters. The number of carbonyl (C=O) groups excluding carboxylic acids is 2. The molecule has 0 aromatic heterocycles. The van der Waals surface area contributed by atoms with Crippen molar-refractivity contribution < 1.29 is 9.59 Å². The van der Waals surface area contributed by atoms with Gasteiger partial charge in [-0.3, -0.25) is 9.59 Å². The Bertz CT molecular complexity index is 679. The second kappa shape index (κ2) is 8.48. The molecule has 2 aromatic carbocycles. The first kappa shape index (κ1) is 16.4. The molecule has 0 aliphatic carbocycles. The largest absolute Gasteiger partial charge is 0.344 e. The average Bonchev–Trinajstić information content (AvgIpc) is 2.61. The molecule has 0 fully saturated rings. The number of carbonyl (C=O) groups is 2. The first-order valence-electron chi connectivity index (χ1n) is 7.43. The Morgan fingerprint density at radius 1 is 0.957 bits per heavy atom. The van der Waals surface area contributed by atoms with E-state index in [-0.39, 0.29) is 0 Å². The van der Waals surface area contributed by atoms with Crippen molar-refractivity contribution in [3.63, 3.8) is 0 Å². The maximum absolute atomic E-state index is 11.6. The van der Waals surface area contributed by atoms with Gasteiger partial charge in [-0.1, -0.05) is 61.5 Å². The van der Waals surface area contributed by atoms with Crippen LogP contribution < -0.4 is 10.7 Å². The van der Waals surface area contributed by atoms with Gasteiger partial charge in [-0.25, -0.2) is 5.43 Å². The molecule has 2 amide bonds. The lowest BCUT2D eigenvalue weighted by atomic mass is 10.1. The van der Waals surface area contributed by atoms with Crippen molar-refractivity contribution in [1.29, 1.82) is 0 Å². The van der Waals surface area contributed by atoms with Gasteiger partial charge < -0.3 is 5.32 Å². The van der Waals surface area contributed by atoms with Crippen molar-refractivity contribution in [2.75, 3.05) is 0 Å². The summed E-state index contributed by atoms with van der Waals surface area (Å²) < 4.78 is 0. The van der Waals surface area contributed by atoms with Crippen LogP contribution in [0.25, 0.3) is 0 Å². The highest BCUT2D eigenvalue weighted by Gasteiger charge is 2.11. The summed E-state index contributed by atoms with van der Waals surface area (Å²) in [6.45, 7) is 2.38. The summed E-state index contributed by atoms with van der Waals surface area (Å²) in [5.41, 5.74) is 5.22. The van der Waals surface area contributed by atoms with Crippen LogP contribution in [0.4, 0.5) is 0 Å². The summed E-state index contributed by atoms with van der Waals surface area (Å²) in [4.78, 5) is 23.3. The second-order valence-electron chi connectivity index (χ2n) is 4.96. The summed E-state index contributed by atoms with van der Waals surface area (Å²) in [7, 11) is 0. The Kier molecular flexibility index (Phi) is 6.06. The summed E-state index contributed by atoms with van der Waals surface area (Å²) in [6.07, 6.45) is 2.47. The highest BCUT2D eigenvalue weighted by molar-refractivity contribution is 6.35. The third kappa shape index (κ3) is 5.39. The van der Waals surface area contributed by atoms with Crippen molar-refractivity contribution >= 4 is 18.0 Å². The lowest BCUT2D eigenvalue weighted by Gasteiger charge is -2.03. The molecule has 0 spiro atoms. The number of aryl methyl sites for hydroxylation is 1. The van der Waals surface area contributed by atoms with Crippen LogP contribution in [0.15, 0.2) is 59.7 Å². The number of nitrogens with zero attached hydrogens (tertiary/aromatic N) is 1. The number of nitrogens with one attached hydrogen (secondary N) is 2. The minimum absolute atomic E-state index is 0.301. The molecule has 0 atom stereocenters. The fourth-order valence-corrected chi connectivity index (χ4v) is 1.91. The molecule has 0 aliphatic heterocycles. The summed E-state index contributed by atoms with van der Waals surface area (Å²) in [5.74, 6) is -1.50. The average molecular weight is 309 g/mol. The van der Waals surface area contributed by atoms with Gasteiger partial charge in [-0.05, 0) is 23.1 Å². The maximum Gasteiger partial charge on any atom is 0.329 e. The van der Waals surface area contributed by atoms with Crippen LogP contribution in [0.3, 0.4) is 0 Å². The lowest BCUT2D eigenvalue weighted by Crippen LogP contribution is -2.37. The summed E-state index contributed by atoms with van der Waals surface area (Å²) in [6, 6.07) is 17.2. The van der Waals surface area contributed by atoms with Crippen LogP contribution in [0.2, 0.25) is 0 Å². The van der Waals surface area contributed by atoms with Gasteiger partial charge in [0.15, 0.2) is 0 Å². The number of hydrogen-bond acceptors (Lipinski definition) is 3. The zero-order valence-electron chi connectivity index (χ0n) is 13.0. The van der Waals surface area contributed by atoms with Crippen molar-refractivity contribution in [1.82, 2.24) is 10.7 Å². The van der Waals surface area contributed by atoms with E-state index in [4.69, 9.17) is 0 Å². The molecule has 5 heteroatoms. The molecule has 0 heterocycles. The van der Waals surface area contributed by atoms with E-state index in [2.05, 4.69) is 22.8 Å². The van der Waals surface area contributed by atoms with Crippen molar-refractivity contribution in [2.24, 2.45) is 5.10 Å². The second-order valence-corrected chi connectivity index (χ2v) is 4.96. The molecular weight excluding hydrogens is 290 g/mol. The van der Waals surface area contributed by atoms with E-state index in [9.17, 15) is 9.59 Å². The Balaban J connectivity index is 1.79. The quantitative estimate of drug-likeness (QED) is 0.504. The van der Waals surface area contributed by atoms with Crippen LogP contribution in [-0.4, -0.2) is 18.0 Å². The van der Waals surface area contributed by atoms with Gasteiger partial charge in [-0.15, -0.1) is 0 Å². The molecule has 23 heavy (non-hydrogen) atoms. The minimum Gasteiger partial charge on any atom is -0.344 e. The summed E-state index contributed by atoms with van der Waals surface area (Å²) in [5, 5.41) is 6.33. The van der Waals surface area contributed by atoms with Gasteiger partial charge >= 0.3 is 11.8 Å². The van der Waals surface area contributed by atoms with E-state index >= 15 is 0 Å². The monoisotopic (exact) mass is 309 g/mol. The molecule has 2 rings (SSSR count). The number of rotatable bonds is 5. The van der Waals surface area contributed by atoms with Crippen LogP contribution in [-0.2, 0) is 22.6 Å². The van der Waals surface area contributed by atoms with E-state index in [1.807, 2.05) is 54.6 Å². The van der Waals surface area contributed by atoms with Crippen LogP contribution in [0.5, 0.6) is 0 Å². The smallest absolute Gasteiger partial charge is 0.329 e. The highest BCUT2D eigenvalue weighted by Crippen LogP contribution is 2.02. The molecule has 0 radical (unpaired) electrons. The van der Waals surface area contributed by atoms with Crippen LogP contribution in [0.1, 0.15) is 23.6 Å². The predicted octanol–water partition coefficient (Wildman–Crippen LogP) is 2.02. The molecule has 2 N–H and O–H groups in total. The molecule has 0 aliphatic rings. The van der Waals surface area contributed by atoms with Gasteiger partial charge in [0, 0.05) is 6.54 Å². The Morgan fingerprint density at radius 2 is 1.65 bits per heavy atom. The molecule has 2 aromatic rings. The number of hydrazone groups is 1. The fourth-order valence-electron chi connectivity index (χ4n) is 1.91. The minimum atomic E-state index is -0.789. The van der Waals surface area contributed by atoms with Gasteiger partial charge in [0.05, 0.1) is 6.21 Å². The predicted molar refractivity (Wildman–Crippen MR) is 89.8 cm³/mol.